The maximum atomic E-state index is 5.46. The third-order valence-corrected chi connectivity index (χ3v) is 1.63. The van der Waals surface area contributed by atoms with Gasteiger partial charge in [0.2, 0.25) is 0 Å². The first-order chi connectivity index (χ1) is 7.06. The summed E-state index contributed by atoms with van der Waals surface area (Å²) in [7, 11) is 0. The van der Waals surface area contributed by atoms with E-state index in [1.807, 2.05) is 0 Å². The van der Waals surface area contributed by atoms with E-state index in [1.54, 1.807) is 0 Å². The van der Waals surface area contributed by atoms with Gasteiger partial charge < -0.3 is 14.2 Å². The van der Waals surface area contributed by atoms with Gasteiger partial charge in [-0.05, 0) is 11.8 Å². The zero-order chi connectivity index (χ0) is 11.6. The van der Waals surface area contributed by atoms with E-state index in [0.717, 1.165) is 19.6 Å². The van der Waals surface area contributed by atoms with E-state index >= 15 is 0 Å². The van der Waals surface area contributed by atoms with Crippen molar-refractivity contribution < 1.29 is 14.2 Å². The average Bonchev–Trinajstić information content (AvgIpc) is 2.14. The molecule has 0 radical (unpaired) electrons. The van der Waals surface area contributed by atoms with Crippen molar-refractivity contribution in [3.05, 3.63) is 0 Å². The Morgan fingerprint density at radius 1 is 0.733 bits per heavy atom. The molecular formula is C12H26O3. The lowest BCUT2D eigenvalue weighted by Gasteiger charge is -2.17. The Morgan fingerprint density at radius 3 is 1.67 bits per heavy atom. The molecule has 0 aromatic rings. The van der Waals surface area contributed by atoms with E-state index in [0.29, 0.717) is 26.4 Å². The summed E-state index contributed by atoms with van der Waals surface area (Å²) < 4.78 is 16.1. The minimum absolute atomic E-state index is 0.240. The van der Waals surface area contributed by atoms with Crippen LogP contribution in [0.3, 0.4) is 0 Å². The van der Waals surface area contributed by atoms with Gasteiger partial charge in [-0.25, -0.2) is 0 Å². The maximum absolute atomic E-state index is 5.46. The molecule has 0 amide bonds. The van der Waals surface area contributed by atoms with Crippen LogP contribution in [0.25, 0.3) is 0 Å². The van der Waals surface area contributed by atoms with E-state index in [-0.39, 0.29) is 5.41 Å². The molecule has 3 nitrogen and oxygen atoms in total. The second kappa shape index (κ2) is 9.13. The summed E-state index contributed by atoms with van der Waals surface area (Å²) in [5.74, 6) is 0. The monoisotopic (exact) mass is 218 g/mol. The van der Waals surface area contributed by atoms with Crippen LogP contribution in [0.15, 0.2) is 0 Å². The van der Waals surface area contributed by atoms with E-state index in [2.05, 4.69) is 27.7 Å². The summed E-state index contributed by atoms with van der Waals surface area (Å²) in [6, 6.07) is 0. The Morgan fingerprint density at radius 2 is 1.20 bits per heavy atom. The number of rotatable bonds is 9. The van der Waals surface area contributed by atoms with E-state index in [9.17, 15) is 0 Å². The lowest BCUT2D eigenvalue weighted by atomic mass is 9.99. The van der Waals surface area contributed by atoms with Gasteiger partial charge in [-0.2, -0.15) is 0 Å². The largest absolute Gasteiger partial charge is 0.379 e. The van der Waals surface area contributed by atoms with Gasteiger partial charge in [-0.3, -0.25) is 0 Å². The molecule has 0 saturated heterocycles. The smallest absolute Gasteiger partial charge is 0.0701 e. The van der Waals surface area contributed by atoms with Crippen molar-refractivity contribution in [1.82, 2.24) is 0 Å². The standard InChI is InChI=1S/C12H26O3/c1-5-6-13-7-8-14-9-10-15-11-12(2,3)4/h5-11H2,1-4H3. The van der Waals surface area contributed by atoms with Gasteiger partial charge in [0.05, 0.1) is 33.0 Å². The second-order valence-electron chi connectivity index (χ2n) is 4.84. The van der Waals surface area contributed by atoms with Gasteiger partial charge in [0.15, 0.2) is 0 Å². The lowest BCUT2D eigenvalue weighted by molar-refractivity contribution is -0.000592. The summed E-state index contributed by atoms with van der Waals surface area (Å²) in [5, 5.41) is 0. The van der Waals surface area contributed by atoms with Crippen molar-refractivity contribution in [2.75, 3.05) is 39.6 Å². The first-order valence-electron chi connectivity index (χ1n) is 5.79. The van der Waals surface area contributed by atoms with Crippen LogP contribution in [-0.2, 0) is 14.2 Å². The van der Waals surface area contributed by atoms with Crippen LogP contribution in [0.4, 0.5) is 0 Å². The van der Waals surface area contributed by atoms with Crippen molar-refractivity contribution in [3.63, 3.8) is 0 Å². The van der Waals surface area contributed by atoms with E-state index in [4.69, 9.17) is 14.2 Å². The van der Waals surface area contributed by atoms with Crippen molar-refractivity contribution in [1.29, 1.82) is 0 Å². The molecule has 0 aromatic heterocycles. The van der Waals surface area contributed by atoms with Crippen LogP contribution in [0.5, 0.6) is 0 Å². The highest BCUT2D eigenvalue weighted by Gasteiger charge is 2.09. The van der Waals surface area contributed by atoms with Crippen LogP contribution >= 0.6 is 0 Å². The zero-order valence-electron chi connectivity index (χ0n) is 10.7. The summed E-state index contributed by atoms with van der Waals surface area (Å²) in [6.07, 6.45) is 1.06. The normalized spacial score (nSPS) is 12.0. The Bertz CT molecular complexity index is 129. The Labute approximate surface area is 94.1 Å². The van der Waals surface area contributed by atoms with Gasteiger partial charge in [0, 0.05) is 6.61 Å². The molecule has 0 aliphatic rings. The van der Waals surface area contributed by atoms with E-state index < -0.39 is 0 Å². The molecule has 3 heteroatoms. The third-order valence-electron chi connectivity index (χ3n) is 1.63. The molecule has 0 aliphatic carbocycles. The predicted molar refractivity (Wildman–Crippen MR) is 62.2 cm³/mol. The van der Waals surface area contributed by atoms with Crippen LogP contribution < -0.4 is 0 Å². The number of hydrogen-bond acceptors (Lipinski definition) is 3. The second-order valence-corrected chi connectivity index (χ2v) is 4.84. The SMILES string of the molecule is CCCOCCOCCOCC(C)(C)C. The Hall–Kier alpha value is -0.120. The van der Waals surface area contributed by atoms with Crippen LogP contribution in [-0.4, -0.2) is 39.6 Å². The topological polar surface area (TPSA) is 27.7 Å². The van der Waals surface area contributed by atoms with Crippen molar-refractivity contribution in [2.24, 2.45) is 5.41 Å². The van der Waals surface area contributed by atoms with Crippen LogP contribution in [0, 0.1) is 5.41 Å². The highest BCUT2D eigenvalue weighted by molar-refractivity contribution is 4.58. The molecule has 0 rings (SSSR count). The summed E-state index contributed by atoms with van der Waals surface area (Å²) in [4.78, 5) is 0. The van der Waals surface area contributed by atoms with Crippen molar-refractivity contribution in [3.8, 4) is 0 Å². The molecule has 0 aliphatic heterocycles. The summed E-state index contributed by atoms with van der Waals surface area (Å²) in [5.41, 5.74) is 0.240. The molecule has 0 saturated carbocycles. The third kappa shape index (κ3) is 13.9. The highest BCUT2D eigenvalue weighted by atomic mass is 16.5. The number of hydrogen-bond donors (Lipinski definition) is 0. The quantitative estimate of drug-likeness (QED) is 0.556. The zero-order valence-corrected chi connectivity index (χ0v) is 10.7. The van der Waals surface area contributed by atoms with Gasteiger partial charge in [0.25, 0.3) is 0 Å². The maximum Gasteiger partial charge on any atom is 0.0701 e. The molecule has 92 valence electrons. The first kappa shape index (κ1) is 14.9. The molecule has 0 N–H and O–H groups in total. The molecule has 0 bridgehead atoms. The molecule has 0 unspecified atom stereocenters. The Balaban J connectivity index is 2.99. The molecule has 0 heterocycles. The van der Waals surface area contributed by atoms with Crippen molar-refractivity contribution in [2.45, 2.75) is 34.1 Å². The fraction of sp³-hybridized carbons (Fsp3) is 1.00. The van der Waals surface area contributed by atoms with Gasteiger partial charge >= 0.3 is 0 Å². The summed E-state index contributed by atoms with van der Waals surface area (Å²) in [6.45, 7) is 12.9. The van der Waals surface area contributed by atoms with Crippen LogP contribution in [0.2, 0.25) is 0 Å². The average molecular weight is 218 g/mol. The molecule has 0 fully saturated rings. The van der Waals surface area contributed by atoms with Gasteiger partial charge in [-0.15, -0.1) is 0 Å². The number of ether oxygens (including phenoxy) is 3. The molecule has 0 spiro atoms. The molecule has 15 heavy (non-hydrogen) atoms. The fourth-order valence-electron chi connectivity index (χ4n) is 0.963. The highest BCUT2D eigenvalue weighted by Crippen LogP contribution is 2.12. The summed E-state index contributed by atoms with van der Waals surface area (Å²) >= 11 is 0. The predicted octanol–water partition coefficient (Wildman–Crippen LogP) is 2.49. The molecule has 0 aromatic carbocycles. The van der Waals surface area contributed by atoms with Crippen LogP contribution in [0.1, 0.15) is 34.1 Å². The van der Waals surface area contributed by atoms with Crippen molar-refractivity contribution >= 4 is 0 Å². The molecule has 0 atom stereocenters. The molecular weight excluding hydrogens is 192 g/mol. The first-order valence-corrected chi connectivity index (χ1v) is 5.79. The minimum atomic E-state index is 0.240. The van der Waals surface area contributed by atoms with Gasteiger partial charge in [-0.1, -0.05) is 27.7 Å². The fourth-order valence-corrected chi connectivity index (χ4v) is 0.963. The Kier molecular flexibility index (Phi) is 9.06. The lowest BCUT2D eigenvalue weighted by Crippen LogP contribution is -2.17. The van der Waals surface area contributed by atoms with Gasteiger partial charge in [0.1, 0.15) is 0 Å². The minimum Gasteiger partial charge on any atom is -0.379 e. The van der Waals surface area contributed by atoms with E-state index in [1.165, 1.54) is 0 Å².